The highest BCUT2D eigenvalue weighted by molar-refractivity contribution is 9.10. The van der Waals surface area contributed by atoms with E-state index in [0.717, 1.165) is 37.1 Å². The Labute approximate surface area is 120 Å². The Kier molecular flexibility index (Phi) is 4.29. The van der Waals surface area contributed by atoms with Gasteiger partial charge in [-0.2, -0.15) is 0 Å². The fraction of sp³-hybridized carbons (Fsp3) is 0.538. The Morgan fingerprint density at radius 1 is 1.26 bits per heavy atom. The van der Waals surface area contributed by atoms with Crippen molar-refractivity contribution in [2.75, 3.05) is 5.73 Å². The van der Waals surface area contributed by atoms with Crippen LogP contribution < -0.4 is 5.73 Å². The number of alkyl halides is 1. The number of carbonyl (C=O) groups excluding carboxylic acids is 2. The van der Waals surface area contributed by atoms with Gasteiger partial charge in [0.05, 0.1) is 11.4 Å². The van der Waals surface area contributed by atoms with Gasteiger partial charge in [-0.3, -0.25) is 9.59 Å². The van der Waals surface area contributed by atoms with E-state index in [-0.39, 0.29) is 17.3 Å². The number of aromatic nitrogens is 2. The molecule has 5 nitrogen and oxygen atoms in total. The molecule has 1 atom stereocenters. The van der Waals surface area contributed by atoms with Crippen LogP contribution in [0, 0.1) is 0 Å². The lowest BCUT2D eigenvalue weighted by molar-refractivity contribution is -0.117. The van der Waals surface area contributed by atoms with Gasteiger partial charge in [-0.1, -0.05) is 22.9 Å². The number of nitrogens with zero attached hydrogens (tertiary/aromatic N) is 2. The zero-order valence-corrected chi connectivity index (χ0v) is 12.4. The molecule has 2 N–H and O–H groups in total. The van der Waals surface area contributed by atoms with Crippen LogP contribution in [0.2, 0.25) is 0 Å². The number of nitrogens with two attached hydrogens (primary N) is 1. The average molecular weight is 326 g/mol. The van der Waals surface area contributed by atoms with Crippen molar-refractivity contribution < 1.29 is 9.59 Å². The standard InChI is InChI=1S/C13H16BrN3O2/c1-2-9(18)10(14)12(19)11-13(15)17-8-6-4-3-5-7(8)16-11/h10H,2-6H2,1H3,(H2,15,17). The molecule has 0 amide bonds. The molecule has 1 unspecified atom stereocenters. The van der Waals surface area contributed by atoms with Gasteiger partial charge < -0.3 is 5.73 Å². The molecule has 102 valence electrons. The van der Waals surface area contributed by atoms with Crippen molar-refractivity contribution in [1.82, 2.24) is 9.97 Å². The van der Waals surface area contributed by atoms with Gasteiger partial charge >= 0.3 is 0 Å². The van der Waals surface area contributed by atoms with Crippen molar-refractivity contribution in [3.63, 3.8) is 0 Å². The number of hydrogen-bond acceptors (Lipinski definition) is 5. The Morgan fingerprint density at radius 2 is 1.84 bits per heavy atom. The first kappa shape index (κ1) is 14.1. The second kappa shape index (κ2) is 5.77. The van der Waals surface area contributed by atoms with Crippen LogP contribution in [0.3, 0.4) is 0 Å². The molecule has 6 heteroatoms. The van der Waals surface area contributed by atoms with E-state index >= 15 is 0 Å². The number of halogens is 1. The number of rotatable bonds is 4. The van der Waals surface area contributed by atoms with Gasteiger partial charge in [0.15, 0.2) is 11.6 Å². The Hall–Kier alpha value is -1.30. The van der Waals surface area contributed by atoms with Crippen LogP contribution in [0.25, 0.3) is 0 Å². The van der Waals surface area contributed by atoms with E-state index in [0.29, 0.717) is 6.42 Å². The van der Waals surface area contributed by atoms with Gasteiger partial charge in [0, 0.05) is 6.42 Å². The predicted molar refractivity (Wildman–Crippen MR) is 75.4 cm³/mol. The third-order valence-electron chi connectivity index (χ3n) is 3.25. The fourth-order valence-electron chi connectivity index (χ4n) is 2.13. The first-order chi connectivity index (χ1) is 9.04. The van der Waals surface area contributed by atoms with Crippen molar-refractivity contribution >= 4 is 33.3 Å². The van der Waals surface area contributed by atoms with Gasteiger partial charge in [-0.05, 0) is 25.7 Å². The van der Waals surface area contributed by atoms with Crippen LogP contribution in [-0.4, -0.2) is 26.4 Å². The van der Waals surface area contributed by atoms with E-state index in [1.807, 2.05) is 0 Å². The summed E-state index contributed by atoms with van der Waals surface area (Å²) >= 11 is 3.11. The van der Waals surface area contributed by atoms with Crippen LogP contribution in [0.1, 0.15) is 48.1 Å². The van der Waals surface area contributed by atoms with Crippen molar-refractivity contribution in [3.8, 4) is 0 Å². The molecule has 0 radical (unpaired) electrons. The molecule has 0 aliphatic heterocycles. The topological polar surface area (TPSA) is 85.9 Å². The summed E-state index contributed by atoms with van der Waals surface area (Å²) in [5, 5.41) is 0. The van der Waals surface area contributed by atoms with E-state index in [9.17, 15) is 9.59 Å². The first-order valence-corrected chi connectivity index (χ1v) is 7.32. The van der Waals surface area contributed by atoms with E-state index in [4.69, 9.17) is 5.73 Å². The summed E-state index contributed by atoms with van der Waals surface area (Å²) in [5.41, 5.74) is 7.64. The van der Waals surface area contributed by atoms with Gasteiger partial charge in [-0.25, -0.2) is 9.97 Å². The van der Waals surface area contributed by atoms with Crippen molar-refractivity contribution in [2.45, 2.75) is 43.9 Å². The molecular weight excluding hydrogens is 310 g/mol. The number of nitrogen functional groups attached to an aromatic ring is 1. The molecule has 2 rings (SSSR count). The molecule has 1 aromatic rings. The smallest absolute Gasteiger partial charge is 0.206 e. The van der Waals surface area contributed by atoms with Crippen LogP contribution in [-0.2, 0) is 17.6 Å². The third-order valence-corrected chi connectivity index (χ3v) is 4.18. The Bertz CT molecular complexity index is 531. The quantitative estimate of drug-likeness (QED) is 0.518. The number of hydrogen-bond donors (Lipinski definition) is 1. The summed E-state index contributed by atoms with van der Waals surface area (Å²) in [6.45, 7) is 1.71. The van der Waals surface area contributed by atoms with Crippen LogP contribution in [0.5, 0.6) is 0 Å². The zero-order chi connectivity index (χ0) is 14.0. The van der Waals surface area contributed by atoms with Gasteiger partial charge in [0.1, 0.15) is 10.5 Å². The maximum atomic E-state index is 12.2. The molecule has 0 saturated heterocycles. The van der Waals surface area contributed by atoms with Crippen molar-refractivity contribution in [1.29, 1.82) is 0 Å². The molecule has 1 aliphatic carbocycles. The molecule has 0 spiro atoms. The van der Waals surface area contributed by atoms with Crippen LogP contribution in [0.4, 0.5) is 5.82 Å². The summed E-state index contributed by atoms with van der Waals surface area (Å²) < 4.78 is 0. The summed E-state index contributed by atoms with van der Waals surface area (Å²) in [4.78, 5) is 31.5. The number of carbonyl (C=O) groups is 2. The zero-order valence-electron chi connectivity index (χ0n) is 10.8. The molecule has 0 bridgehead atoms. The van der Waals surface area contributed by atoms with Gasteiger partial charge in [0.2, 0.25) is 5.78 Å². The summed E-state index contributed by atoms with van der Waals surface area (Å²) in [6, 6.07) is 0. The van der Waals surface area contributed by atoms with E-state index in [2.05, 4.69) is 25.9 Å². The molecule has 1 aromatic heterocycles. The summed E-state index contributed by atoms with van der Waals surface area (Å²) in [5.74, 6) is -0.451. The summed E-state index contributed by atoms with van der Waals surface area (Å²) in [7, 11) is 0. The normalized spacial score (nSPS) is 15.7. The van der Waals surface area contributed by atoms with Crippen LogP contribution in [0.15, 0.2) is 0 Å². The average Bonchev–Trinajstić information content (AvgIpc) is 2.44. The molecule has 0 saturated carbocycles. The number of Topliss-reactive ketones (excluding diaryl/α,β-unsaturated/α-hetero) is 2. The number of fused-ring (bicyclic) bond motifs is 1. The second-order valence-electron chi connectivity index (χ2n) is 4.60. The molecule has 19 heavy (non-hydrogen) atoms. The molecule has 1 aliphatic rings. The number of ketones is 2. The molecular formula is C13H16BrN3O2. The highest BCUT2D eigenvalue weighted by Gasteiger charge is 2.28. The largest absolute Gasteiger partial charge is 0.382 e. The maximum Gasteiger partial charge on any atom is 0.206 e. The monoisotopic (exact) mass is 325 g/mol. The molecule has 0 fully saturated rings. The first-order valence-electron chi connectivity index (χ1n) is 6.40. The van der Waals surface area contributed by atoms with Crippen molar-refractivity contribution in [3.05, 3.63) is 17.1 Å². The Morgan fingerprint density at radius 3 is 2.42 bits per heavy atom. The molecule has 1 heterocycles. The number of anilines is 1. The molecule has 0 aromatic carbocycles. The fourth-order valence-corrected chi connectivity index (χ4v) is 2.67. The lowest BCUT2D eigenvalue weighted by atomic mass is 10.00. The summed E-state index contributed by atoms with van der Waals surface area (Å²) in [6.07, 6.45) is 4.08. The van der Waals surface area contributed by atoms with E-state index in [1.165, 1.54) is 0 Å². The lowest BCUT2D eigenvalue weighted by Gasteiger charge is -2.16. The second-order valence-corrected chi connectivity index (χ2v) is 5.52. The van der Waals surface area contributed by atoms with Crippen LogP contribution >= 0.6 is 15.9 Å². The van der Waals surface area contributed by atoms with Gasteiger partial charge in [0.25, 0.3) is 0 Å². The minimum absolute atomic E-state index is 0.115. The maximum absolute atomic E-state index is 12.2. The lowest BCUT2D eigenvalue weighted by Crippen LogP contribution is -2.27. The highest BCUT2D eigenvalue weighted by Crippen LogP contribution is 2.22. The SMILES string of the molecule is CCC(=O)C(Br)C(=O)c1nc2c(nc1N)CCCC2. The third kappa shape index (κ3) is 2.83. The van der Waals surface area contributed by atoms with E-state index in [1.54, 1.807) is 6.92 Å². The highest BCUT2D eigenvalue weighted by atomic mass is 79.9. The van der Waals surface area contributed by atoms with Gasteiger partial charge in [-0.15, -0.1) is 0 Å². The minimum Gasteiger partial charge on any atom is -0.382 e. The number of aryl methyl sites for hydroxylation is 2. The van der Waals surface area contributed by atoms with E-state index < -0.39 is 10.6 Å². The minimum atomic E-state index is -0.879. The predicted octanol–water partition coefficient (Wildman–Crippen LogP) is 1.86. The van der Waals surface area contributed by atoms with Crippen molar-refractivity contribution in [2.24, 2.45) is 0 Å². The Balaban J connectivity index is 2.34.